The molecule has 0 saturated carbocycles. The number of hydrogen-bond acceptors (Lipinski definition) is 4. The number of rotatable bonds is 5. The highest BCUT2D eigenvalue weighted by Crippen LogP contribution is 2.42. The summed E-state index contributed by atoms with van der Waals surface area (Å²) in [6.45, 7) is 2.72. The molecule has 1 saturated heterocycles. The van der Waals surface area contributed by atoms with Gasteiger partial charge in [0.15, 0.2) is 5.11 Å². The van der Waals surface area contributed by atoms with E-state index < -0.39 is 0 Å². The molecule has 4 aromatic rings. The van der Waals surface area contributed by atoms with Crippen LogP contribution in [0, 0.1) is 6.92 Å². The van der Waals surface area contributed by atoms with E-state index in [1.165, 1.54) is 5.56 Å². The van der Waals surface area contributed by atoms with Crippen LogP contribution in [-0.4, -0.2) is 20.0 Å². The van der Waals surface area contributed by atoms with Crippen molar-refractivity contribution < 1.29 is 4.42 Å². The molecule has 3 aromatic heterocycles. The molecule has 5 nitrogen and oxygen atoms in total. The molecule has 160 valence electrons. The van der Waals surface area contributed by atoms with Crippen LogP contribution in [-0.2, 0) is 6.54 Å². The molecule has 7 heteroatoms. The van der Waals surface area contributed by atoms with Crippen LogP contribution in [0.2, 0.25) is 0 Å². The fourth-order valence-electron chi connectivity index (χ4n) is 4.05. The van der Waals surface area contributed by atoms with E-state index in [-0.39, 0.29) is 12.1 Å². The van der Waals surface area contributed by atoms with Gasteiger partial charge < -0.3 is 14.6 Å². The first-order chi connectivity index (χ1) is 15.6. The van der Waals surface area contributed by atoms with Crippen molar-refractivity contribution in [3.63, 3.8) is 0 Å². The molecule has 0 spiro atoms. The Balaban J connectivity index is 1.55. The average Bonchev–Trinajstić information content (AvgIpc) is 3.40. The number of nitrogens with one attached hydrogen (secondary N) is 1. The molecular weight excluding hydrogens is 484 g/mol. The summed E-state index contributed by atoms with van der Waals surface area (Å²) in [5.74, 6) is 1.65. The van der Waals surface area contributed by atoms with Crippen molar-refractivity contribution in [2.45, 2.75) is 25.6 Å². The van der Waals surface area contributed by atoms with Gasteiger partial charge in [0.05, 0.1) is 11.7 Å². The van der Waals surface area contributed by atoms with Crippen LogP contribution in [0.1, 0.15) is 34.7 Å². The Kier molecular flexibility index (Phi) is 5.76. The normalized spacial score (nSPS) is 18.1. The molecule has 1 aromatic carbocycles. The molecule has 1 aliphatic heterocycles. The molecule has 5 rings (SSSR count). The largest absolute Gasteiger partial charge is 0.459 e. The maximum absolute atomic E-state index is 6.43. The lowest BCUT2D eigenvalue weighted by atomic mass is 10.0. The van der Waals surface area contributed by atoms with Gasteiger partial charge in [-0.05, 0) is 78.8 Å². The minimum absolute atomic E-state index is 0.119. The van der Waals surface area contributed by atoms with Gasteiger partial charge in [-0.25, -0.2) is 0 Å². The van der Waals surface area contributed by atoms with Crippen molar-refractivity contribution in [3.05, 3.63) is 106 Å². The summed E-state index contributed by atoms with van der Waals surface area (Å²) in [4.78, 5) is 10.9. The maximum atomic E-state index is 6.43. The van der Waals surface area contributed by atoms with E-state index in [2.05, 4.69) is 61.2 Å². The minimum atomic E-state index is -0.136. The first-order valence-corrected chi connectivity index (χ1v) is 11.5. The fraction of sp³-hybridized carbons (Fsp3) is 0.160. The van der Waals surface area contributed by atoms with Gasteiger partial charge in [-0.3, -0.25) is 9.97 Å². The summed E-state index contributed by atoms with van der Waals surface area (Å²) in [5, 5.41) is 4.14. The Morgan fingerprint density at radius 3 is 2.66 bits per heavy atom. The predicted molar refractivity (Wildman–Crippen MR) is 132 cm³/mol. The molecule has 4 heterocycles. The van der Waals surface area contributed by atoms with Crippen molar-refractivity contribution >= 4 is 33.3 Å². The van der Waals surface area contributed by atoms with Gasteiger partial charge in [-0.15, -0.1) is 0 Å². The van der Waals surface area contributed by atoms with E-state index in [1.54, 1.807) is 18.6 Å². The number of aryl methyl sites for hydroxylation is 1. The average molecular weight is 505 g/mol. The standard InChI is InChI=1S/C25H21BrN4OS/c1-16-5-6-18(19(26)14-16)21-7-8-22(31-21)24-23(20-4-2-3-11-28-20)29-25(32)30(24)15-17-9-12-27-13-10-17/h2-14,23-24H,15H2,1H3,(H,29,32)/t23-,24+/m1/s1. The second kappa shape index (κ2) is 8.84. The number of halogens is 1. The molecule has 0 unspecified atom stereocenters. The Morgan fingerprint density at radius 1 is 1.06 bits per heavy atom. The van der Waals surface area contributed by atoms with Gasteiger partial charge in [0.25, 0.3) is 0 Å². The van der Waals surface area contributed by atoms with Crippen LogP contribution in [0.25, 0.3) is 11.3 Å². The number of furan rings is 1. The summed E-state index contributed by atoms with van der Waals surface area (Å²) >= 11 is 9.42. The molecule has 0 aliphatic carbocycles. The summed E-state index contributed by atoms with van der Waals surface area (Å²) < 4.78 is 7.44. The van der Waals surface area contributed by atoms with E-state index in [0.29, 0.717) is 11.7 Å². The van der Waals surface area contributed by atoms with Crippen LogP contribution < -0.4 is 5.32 Å². The topological polar surface area (TPSA) is 54.2 Å². The van der Waals surface area contributed by atoms with Crippen molar-refractivity contribution in [3.8, 4) is 11.3 Å². The Bertz CT molecular complexity index is 1250. The number of benzene rings is 1. The molecule has 0 radical (unpaired) electrons. The first kappa shape index (κ1) is 20.8. The second-order valence-corrected chi connectivity index (χ2v) is 9.04. The third-order valence-electron chi connectivity index (χ3n) is 5.61. The zero-order valence-electron chi connectivity index (χ0n) is 17.4. The summed E-state index contributed by atoms with van der Waals surface area (Å²) in [6.07, 6.45) is 5.40. The minimum Gasteiger partial charge on any atom is -0.459 e. The van der Waals surface area contributed by atoms with Crippen LogP contribution >= 0.6 is 28.1 Å². The summed E-state index contributed by atoms with van der Waals surface area (Å²) in [7, 11) is 0. The van der Waals surface area contributed by atoms with Crippen LogP contribution in [0.5, 0.6) is 0 Å². The molecule has 0 bridgehead atoms. The predicted octanol–water partition coefficient (Wildman–Crippen LogP) is 5.98. The monoisotopic (exact) mass is 504 g/mol. The lowest BCUT2D eigenvalue weighted by Gasteiger charge is -2.26. The molecular formula is C25H21BrN4OS. The number of aromatic nitrogens is 2. The van der Waals surface area contributed by atoms with E-state index in [9.17, 15) is 0 Å². The van der Waals surface area contributed by atoms with Crippen molar-refractivity contribution in [2.75, 3.05) is 0 Å². The first-order valence-electron chi connectivity index (χ1n) is 10.3. The quantitative estimate of drug-likeness (QED) is 0.337. The molecule has 2 atom stereocenters. The SMILES string of the molecule is Cc1ccc(-c2ccc([C@H]3[C@@H](c4ccccn4)NC(=S)N3Cc3ccncc3)o2)c(Br)c1. The van der Waals surface area contributed by atoms with E-state index in [0.717, 1.165) is 32.8 Å². The fourth-order valence-corrected chi connectivity index (χ4v) is 5.04. The van der Waals surface area contributed by atoms with Crippen LogP contribution in [0.4, 0.5) is 0 Å². The smallest absolute Gasteiger partial charge is 0.170 e. The zero-order valence-corrected chi connectivity index (χ0v) is 19.8. The Hall–Kier alpha value is -3.03. The summed E-state index contributed by atoms with van der Waals surface area (Å²) in [6, 6.07) is 20.0. The lowest BCUT2D eigenvalue weighted by molar-refractivity contribution is 0.269. The van der Waals surface area contributed by atoms with Crippen molar-refractivity contribution in [1.29, 1.82) is 0 Å². The van der Waals surface area contributed by atoms with Gasteiger partial charge in [-0.2, -0.15) is 0 Å². The lowest BCUT2D eigenvalue weighted by Crippen LogP contribution is -2.29. The van der Waals surface area contributed by atoms with E-state index in [4.69, 9.17) is 16.6 Å². The third kappa shape index (κ3) is 4.06. The number of thiocarbonyl (C=S) groups is 1. The second-order valence-electron chi connectivity index (χ2n) is 7.80. The van der Waals surface area contributed by atoms with Gasteiger partial charge in [0, 0.05) is 35.2 Å². The molecule has 1 N–H and O–H groups in total. The Morgan fingerprint density at radius 2 is 1.91 bits per heavy atom. The van der Waals surface area contributed by atoms with E-state index >= 15 is 0 Å². The van der Waals surface area contributed by atoms with Crippen molar-refractivity contribution in [2.24, 2.45) is 0 Å². The van der Waals surface area contributed by atoms with E-state index in [1.807, 2.05) is 42.5 Å². The van der Waals surface area contributed by atoms with Gasteiger partial charge in [0.1, 0.15) is 17.6 Å². The number of hydrogen-bond donors (Lipinski definition) is 1. The third-order valence-corrected chi connectivity index (χ3v) is 6.62. The van der Waals surface area contributed by atoms with Crippen LogP contribution in [0.3, 0.4) is 0 Å². The highest BCUT2D eigenvalue weighted by Gasteiger charge is 2.41. The highest BCUT2D eigenvalue weighted by molar-refractivity contribution is 9.10. The van der Waals surface area contributed by atoms with Gasteiger partial charge in [0.2, 0.25) is 0 Å². The number of pyridine rings is 2. The molecule has 1 fully saturated rings. The molecule has 0 amide bonds. The zero-order chi connectivity index (χ0) is 22.1. The van der Waals surface area contributed by atoms with Gasteiger partial charge >= 0.3 is 0 Å². The Labute approximate surface area is 200 Å². The molecule has 1 aliphatic rings. The highest BCUT2D eigenvalue weighted by atomic mass is 79.9. The number of nitrogens with zero attached hydrogens (tertiary/aromatic N) is 3. The van der Waals surface area contributed by atoms with Crippen molar-refractivity contribution in [1.82, 2.24) is 20.2 Å². The van der Waals surface area contributed by atoms with Gasteiger partial charge in [-0.1, -0.05) is 28.1 Å². The summed E-state index contributed by atoms with van der Waals surface area (Å²) in [5.41, 5.74) is 4.26. The molecule has 32 heavy (non-hydrogen) atoms. The maximum Gasteiger partial charge on any atom is 0.170 e. The van der Waals surface area contributed by atoms with Crippen LogP contribution in [0.15, 0.2) is 88.1 Å².